The van der Waals surface area contributed by atoms with E-state index in [2.05, 4.69) is 98.7 Å². The Hall–Kier alpha value is -0.357. The van der Waals surface area contributed by atoms with Crippen molar-refractivity contribution in [2.45, 2.75) is 89.1 Å². The molecule has 2 aromatic rings. The second-order valence-electron chi connectivity index (χ2n) is 11.3. The van der Waals surface area contributed by atoms with Crippen LogP contribution in [0.1, 0.15) is 106 Å². The number of benzene rings is 2. The molecule has 1 atom stereocenters. The van der Waals surface area contributed by atoms with E-state index in [9.17, 15) is 0 Å². The minimum absolute atomic E-state index is 0.0894. The Balaban J connectivity index is 2.39. The van der Waals surface area contributed by atoms with Crippen molar-refractivity contribution in [3.63, 3.8) is 0 Å². The fraction of sp³-hybridized carbons (Fsp3) is 0.500. The minimum atomic E-state index is -2.49. The molecule has 0 aliphatic heterocycles. The molecule has 31 heavy (non-hydrogen) atoms. The first-order valence-electron chi connectivity index (χ1n) is 11.5. The van der Waals surface area contributed by atoms with Crippen LogP contribution in [0.4, 0.5) is 0 Å². The van der Waals surface area contributed by atoms with Crippen molar-refractivity contribution < 1.29 is 19.4 Å². The standard InChI is InChI=1S/C28H37.2ClH.Zr/c1-10-19-13-20-11-12-24(18(2)3)26(25(20)14-19)21-15-22(27(4,5)6)17-23(16-21)28(7,8)9;;;/h11-18H,10H2,1-9H3;2*1H;/q;;;+2/p-2. The molecule has 0 spiro atoms. The van der Waals surface area contributed by atoms with E-state index in [1.54, 1.807) is 0 Å². The number of rotatable bonds is 4. The Morgan fingerprint density at radius 1 is 0.903 bits per heavy atom. The molecule has 0 radical (unpaired) electrons. The van der Waals surface area contributed by atoms with Gasteiger partial charge in [-0.05, 0) is 0 Å². The first-order valence-corrected chi connectivity index (χ1v) is 19.2. The predicted octanol–water partition coefficient (Wildman–Crippen LogP) is 9.85. The molecule has 0 amide bonds. The van der Waals surface area contributed by atoms with Gasteiger partial charge in [0.15, 0.2) is 0 Å². The zero-order valence-corrected chi connectivity index (χ0v) is 24.6. The van der Waals surface area contributed by atoms with E-state index in [0.29, 0.717) is 5.92 Å². The van der Waals surface area contributed by atoms with Gasteiger partial charge in [-0.1, -0.05) is 0 Å². The summed E-state index contributed by atoms with van der Waals surface area (Å²) in [6.45, 7) is 20.7. The molecular weight excluding hydrogens is 498 g/mol. The van der Waals surface area contributed by atoms with Crippen LogP contribution in [0.25, 0.3) is 17.2 Å². The molecule has 3 rings (SSSR count). The maximum absolute atomic E-state index is 6.68. The molecule has 0 saturated carbocycles. The van der Waals surface area contributed by atoms with Crippen LogP contribution in [-0.4, -0.2) is 0 Å². The Labute approximate surface area is 205 Å². The van der Waals surface area contributed by atoms with Crippen LogP contribution >= 0.6 is 17.0 Å². The summed E-state index contributed by atoms with van der Waals surface area (Å²) in [7, 11) is 13.4. The molecule has 0 fully saturated rings. The Kier molecular flexibility index (Phi) is 7.43. The van der Waals surface area contributed by atoms with Gasteiger partial charge in [0.1, 0.15) is 0 Å². The van der Waals surface area contributed by atoms with Gasteiger partial charge < -0.3 is 0 Å². The normalized spacial score (nSPS) is 16.5. The Bertz CT molecular complexity index is 969. The zero-order valence-electron chi connectivity index (χ0n) is 20.6. The Morgan fingerprint density at radius 3 is 1.87 bits per heavy atom. The SMILES string of the molecule is CCC1=Cc2c(ccc(C(C)C)c2-c2cc(C(C)(C)C)cc(C(C)(C)C)c2)[CH]1[Zr]([Cl])[Cl]. The molecule has 2 aromatic carbocycles. The summed E-state index contributed by atoms with van der Waals surface area (Å²) < 4.78 is 0.276. The van der Waals surface area contributed by atoms with Crippen molar-refractivity contribution >= 4 is 23.1 Å². The van der Waals surface area contributed by atoms with Crippen LogP contribution in [-0.2, 0) is 30.2 Å². The number of hydrogen-bond donors (Lipinski definition) is 0. The van der Waals surface area contributed by atoms with Crippen molar-refractivity contribution in [1.82, 2.24) is 0 Å². The number of halogens is 2. The van der Waals surface area contributed by atoms with Crippen molar-refractivity contribution in [2.75, 3.05) is 0 Å². The molecule has 1 aliphatic rings. The van der Waals surface area contributed by atoms with Gasteiger partial charge in [0.25, 0.3) is 0 Å². The van der Waals surface area contributed by atoms with Gasteiger partial charge in [0, 0.05) is 0 Å². The first kappa shape index (κ1) is 25.3. The van der Waals surface area contributed by atoms with E-state index >= 15 is 0 Å². The summed E-state index contributed by atoms with van der Waals surface area (Å²) in [4.78, 5) is 0. The molecule has 3 heteroatoms. The van der Waals surface area contributed by atoms with E-state index in [4.69, 9.17) is 17.0 Å². The average Bonchev–Trinajstić information content (AvgIpc) is 3.04. The van der Waals surface area contributed by atoms with Gasteiger partial charge in [-0.2, -0.15) is 0 Å². The Morgan fingerprint density at radius 2 is 1.45 bits per heavy atom. The third kappa shape index (κ3) is 5.10. The average molecular weight is 536 g/mol. The fourth-order valence-electron chi connectivity index (χ4n) is 4.53. The number of hydrogen-bond acceptors (Lipinski definition) is 0. The van der Waals surface area contributed by atoms with Crippen LogP contribution in [0.3, 0.4) is 0 Å². The van der Waals surface area contributed by atoms with Gasteiger partial charge in [0.2, 0.25) is 0 Å². The van der Waals surface area contributed by atoms with Crippen LogP contribution in [0.5, 0.6) is 0 Å². The molecule has 0 nitrogen and oxygen atoms in total. The van der Waals surface area contributed by atoms with Crippen LogP contribution in [0.15, 0.2) is 35.9 Å². The molecule has 0 N–H and O–H groups in total. The topological polar surface area (TPSA) is 0 Å². The quantitative estimate of drug-likeness (QED) is 0.365. The molecule has 0 heterocycles. The van der Waals surface area contributed by atoms with Crippen LogP contribution in [0.2, 0.25) is 0 Å². The zero-order chi connectivity index (χ0) is 23.3. The van der Waals surface area contributed by atoms with Crippen LogP contribution in [0, 0.1) is 0 Å². The van der Waals surface area contributed by atoms with E-state index in [1.165, 1.54) is 44.5 Å². The molecule has 0 aromatic heterocycles. The molecule has 0 saturated heterocycles. The third-order valence-electron chi connectivity index (χ3n) is 6.53. The second kappa shape index (κ2) is 9.12. The van der Waals surface area contributed by atoms with E-state index < -0.39 is 19.4 Å². The summed E-state index contributed by atoms with van der Waals surface area (Å²) in [6.07, 6.45) is 3.42. The summed E-state index contributed by atoms with van der Waals surface area (Å²) in [5.41, 5.74) is 11.2. The second-order valence-corrected chi connectivity index (χ2v) is 20.1. The monoisotopic (exact) mass is 533 g/mol. The number of allylic oxidation sites excluding steroid dienone is 1. The van der Waals surface area contributed by atoms with Crippen molar-refractivity contribution in [1.29, 1.82) is 0 Å². The molecule has 0 bridgehead atoms. The summed E-state index contributed by atoms with van der Waals surface area (Å²) >= 11 is -2.49. The fourth-order valence-corrected chi connectivity index (χ4v) is 10.2. The molecule has 167 valence electrons. The van der Waals surface area contributed by atoms with Crippen molar-refractivity contribution in [2.24, 2.45) is 0 Å². The summed E-state index contributed by atoms with van der Waals surface area (Å²) in [5.74, 6) is 0.444. The van der Waals surface area contributed by atoms with Gasteiger partial charge in [0.05, 0.1) is 0 Å². The molecule has 1 unspecified atom stereocenters. The van der Waals surface area contributed by atoms with Gasteiger partial charge in [-0.3, -0.25) is 0 Å². The van der Waals surface area contributed by atoms with E-state index in [0.717, 1.165) is 6.42 Å². The molecular formula is C28H37Cl2Zr. The van der Waals surface area contributed by atoms with E-state index in [-0.39, 0.29) is 14.5 Å². The van der Waals surface area contributed by atoms with Crippen molar-refractivity contribution in [3.05, 3.63) is 63.7 Å². The van der Waals surface area contributed by atoms with Gasteiger partial charge >= 0.3 is 206 Å². The predicted molar refractivity (Wildman–Crippen MR) is 136 cm³/mol. The summed E-state index contributed by atoms with van der Waals surface area (Å²) in [5, 5.41) is 0. The van der Waals surface area contributed by atoms with E-state index in [1.807, 2.05) is 0 Å². The maximum atomic E-state index is 6.68. The van der Waals surface area contributed by atoms with Crippen molar-refractivity contribution in [3.8, 4) is 11.1 Å². The molecule has 1 aliphatic carbocycles. The van der Waals surface area contributed by atoms with Gasteiger partial charge in [-0.15, -0.1) is 0 Å². The number of fused-ring (bicyclic) bond motifs is 1. The third-order valence-corrected chi connectivity index (χ3v) is 11.9. The van der Waals surface area contributed by atoms with Gasteiger partial charge in [-0.25, -0.2) is 0 Å². The first-order chi connectivity index (χ1) is 14.3. The van der Waals surface area contributed by atoms with Crippen LogP contribution < -0.4 is 0 Å². The summed E-state index contributed by atoms with van der Waals surface area (Å²) in [6, 6.07) is 11.9.